The van der Waals surface area contributed by atoms with Crippen LogP contribution in [0.15, 0.2) is 41.2 Å². The molecule has 0 spiro atoms. The molecule has 0 bridgehead atoms. The number of aromatic nitrogens is 3. The lowest BCUT2D eigenvalue weighted by Gasteiger charge is -2.04. The minimum atomic E-state index is 0.219. The molecule has 0 unspecified atom stereocenters. The Balaban J connectivity index is 2.22. The largest absolute Gasteiger partial charge is 0.380 e. The van der Waals surface area contributed by atoms with Crippen LogP contribution in [0.2, 0.25) is 10.0 Å². The maximum absolute atomic E-state index is 6.20. The van der Waals surface area contributed by atoms with Gasteiger partial charge in [-0.1, -0.05) is 34.4 Å². The van der Waals surface area contributed by atoms with Crippen LogP contribution in [0.1, 0.15) is 0 Å². The van der Waals surface area contributed by atoms with E-state index >= 15 is 0 Å². The van der Waals surface area contributed by atoms with Gasteiger partial charge < -0.3 is 10.3 Å². The number of anilines is 1. The molecular weight excluding hydrogens is 299 g/mol. The van der Waals surface area contributed by atoms with Crippen molar-refractivity contribution in [2.75, 3.05) is 5.73 Å². The summed E-state index contributed by atoms with van der Waals surface area (Å²) in [4.78, 5) is 8.25. The highest BCUT2D eigenvalue weighted by atomic mass is 35.5. The third-order valence-corrected chi connectivity index (χ3v) is 3.24. The minimum absolute atomic E-state index is 0.219. The fourth-order valence-electron chi connectivity index (χ4n) is 1.82. The van der Waals surface area contributed by atoms with Crippen molar-refractivity contribution in [2.45, 2.75) is 0 Å². The van der Waals surface area contributed by atoms with Crippen molar-refractivity contribution in [1.29, 1.82) is 0 Å². The van der Waals surface area contributed by atoms with Crippen LogP contribution >= 0.6 is 23.2 Å². The molecule has 0 radical (unpaired) electrons. The summed E-state index contributed by atoms with van der Waals surface area (Å²) in [6.07, 6.45) is 3.21. The highest BCUT2D eigenvalue weighted by Crippen LogP contribution is 2.39. The summed E-state index contributed by atoms with van der Waals surface area (Å²) in [5.74, 6) is 0.974. The predicted molar refractivity (Wildman–Crippen MR) is 77.4 cm³/mol. The number of hydrogen-bond donors (Lipinski definition) is 1. The average molecular weight is 307 g/mol. The number of nitrogens with zero attached hydrogens (tertiary/aromatic N) is 3. The summed E-state index contributed by atoms with van der Waals surface area (Å²) in [6, 6.07) is 6.80. The van der Waals surface area contributed by atoms with Gasteiger partial charge in [-0.2, -0.15) is 0 Å². The summed E-state index contributed by atoms with van der Waals surface area (Å²) in [5, 5.41) is 4.75. The fraction of sp³-hybridized carbons (Fsp3) is 0. The number of benzene rings is 1. The van der Waals surface area contributed by atoms with Crippen molar-refractivity contribution in [1.82, 2.24) is 15.1 Å². The normalized spacial score (nSPS) is 10.7. The minimum Gasteiger partial charge on any atom is -0.380 e. The second-order valence-corrected chi connectivity index (χ2v) is 4.81. The molecule has 3 aromatic rings. The average Bonchev–Trinajstić information content (AvgIpc) is 2.82. The van der Waals surface area contributed by atoms with Crippen molar-refractivity contribution in [3.8, 4) is 22.7 Å². The van der Waals surface area contributed by atoms with E-state index in [-0.39, 0.29) is 5.82 Å². The highest BCUT2D eigenvalue weighted by Gasteiger charge is 2.21. The van der Waals surface area contributed by atoms with E-state index in [1.807, 2.05) is 0 Å². The van der Waals surface area contributed by atoms with Crippen LogP contribution in [0.25, 0.3) is 22.7 Å². The van der Waals surface area contributed by atoms with Gasteiger partial charge in [-0.3, -0.25) is 0 Å². The van der Waals surface area contributed by atoms with Crippen molar-refractivity contribution >= 4 is 29.0 Å². The molecule has 3 rings (SSSR count). The molecule has 1 aromatic carbocycles. The molecule has 0 aliphatic carbocycles. The third kappa shape index (κ3) is 2.21. The van der Waals surface area contributed by atoms with Crippen LogP contribution in [-0.2, 0) is 0 Å². The van der Waals surface area contributed by atoms with Gasteiger partial charge in [0.15, 0.2) is 11.6 Å². The van der Waals surface area contributed by atoms with E-state index in [0.717, 1.165) is 0 Å². The molecule has 0 aliphatic rings. The Morgan fingerprint density at radius 1 is 1.10 bits per heavy atom. The van der Waals surface area contributed by atoms with Gasteiger partial charge in [0.25, 0.3) is 0 Å². The Kier molecular flexibility index (Phi) is 3.30. The van der Waals surface area contributed by atoms with Gasteiger partial charge in [0, 0.05) is 23.0 Å². The van der Waals surface area contributed by atoms with Crippen LogP contribution in [0.3, 0.4) is 0 Å². The molecule has 5 nitrogen and oxygen atoms in total. The van der Waals surface area contributed by atoms with Crippen LogP contribution in [0.4, 0.5) is 5.82 Å². The summed E-state index contributed by atoms with van der Waals surface area (Å²) >= 11 is 12.1. The quantitative estimate of drug-likeness (QED) is 0.781. The lowest BCUT2D eigenvalue weighted by Crippen LogP contribution is -1.92. The maximum atomic E-state index is 6.20. The van der Waals surface area contributed by atoms with E-state index in [9.17, 15) is 0 Å². The van der Waals surface area contributed by atoms with Crippen molar-refractivity contribution in [3.63, 3.8) is 0 Å². The first-order chi connectivity index (χ1) is 9.66. The van der Waals surface area contributed by atoms with Gasteiger partial charge >= 0.3 is 0 Å². The van der Waals surface area contributed by atoms with Gasteiger partial charge in [-0.05, 0) is 18.2 Å². The lowest BCUT2D eigenvalue weighted by molar-refractivity contribution is 0.433. The predicted octanol–water partition coefficient (Wildman–Crippen LogP) is 3.69. The first-order valence-electron chi connectivity index (χ1n) is 5.65. The first-order valence-corrected chi connectivity index (χ1v) is 6.40. The SMILES string of the molecule is Nc1noc(-c2ncccn2)c1-c1ccc(Cl)cc1Cl. The Bertz CT molecular complexity index is 758. The van der Waals surface area contributed by atoms with Gasteiger partial charge in [0.2, 0.25) is 5.76 Å². The fourth-order valence-corrected chi connectivity index (χ4v) is 2.33. The van der Waals surface area contributed by atoms with Crippen LogP contribution in [-0.4, -0.2) is 15.1 Å². The van der Waals surface area contributed by atoms with E-state index < -0.39 is 0 Å². The molecule has 2 heterocycles. The number of rotatable bonds is 2. The molecule has 0 fully saturated rings. The number of hydrogen-bond acceptors (Lipinski definition) is 5. The Morgan fingerprint density at radius 3 is 2.55 bits per heavy atom. The van der Waals surface area contributed by atoms with Crippen LogP contribution < -0.4 is 5.73 Å². The second-order valence-electron chi connectivity index (χ2n) is 3.97. The van der Waals surface area contributed by atoms with E-state index in [1.165, 1.54) is 0 Å². The van der Waals surface area contributed by atoms with Crippen LogP contribution in [0, 0.1) is 0 Å². The molecule has 7 heteroatoms. The lowest BCUT2D eigenvalue weighted by atomic mass is 10.1. The first kappa shape index (κ1) is 12.9. The molecule has 0 saturated heterocycles. The zero-order valence-corrected chi connectivity index (χ0v) is 11.6. The van der Waals surface area contributed by atoms with E-state index in [1.54, 1.807) is 36.7 Å². The van der Waals surface area contributed by atoms with E-state index in [4.69, 9.17) is 33.5 Å². The molecule has 2 aromatic heterocycles. The molecule has 0 aliphatic heterocycles. The zero-order valence-electron chi connectivity index (χ0n) is 10.0. The molecule has 0 atom stereocenters. The summed E-state index contributed by atoms with van der Waals surface area (Å²) < 4.78 is 5.23. The van der Waals surface area contributed by atoms with Gasteiger partial charge in [0.1, 0.15) is 0 Å². The third-order valence-electron chi connectivity index (χ3n) is 2.69. The molecule has 0 amide bonds. The van der Waals surface area contributed by atoms with Crippen molar-refractivity contribution in [3.05, 3.63) is 46.7 Å². The van der Waals surface area contributed by atoms with E-state index in [2.05, 4.69) is 15.1 Å². The molecule has 2 N–H and O–H groups in total. The van der Waals surface area contributed by atoms with Gasteiger partial charge in [-0.25, -0.2) is 9.97 Å². The summed E-state index contributed by atoms with van der Waals surface area (Å²) in [7, 11) is 0. The zero-order chi connectivity index (χ0) is 14.1. The maximum Gasteiger partial charge on any atom is 0.214 e. The number of nitrogen functional groups attached to an aromatic ring is 1. The topological polar surface area (TPSA) is 77.8 Å². The molecule has 0 saturated carbocycles. The summed E-state index contributed by atoms with van der Waals surface area (Å²) in [6.45, 7) is 0. The van der Waals surface area contributed by atoms with E-state index in [0.29, 0.717) is 32.8 Å². The number of nitrogens with two attached hydrogens (primary N) is 1. The number of halogens is 2. The molecular formula is C13H8Cl2N4O. The van der Waals surface area contributed by atoms with Crippen LogP contribution in [0.5, 0.6) is 0 Å². The second kappa shape index (κ2) is 5.11. The monoisotopic (exact) mass is 306 g/mol. The van der Waals surface area contributed by atoms with Gasteiger partial charge in [0.05, 0.1) is 10.6 Å². The van der Waals surface area contributed by atoms with Crippen molar-refractivity contribution in [2.24, 2.45) is 0 Å². The Morgan fingerprint density at radius 2 is 1.85 bits per heavy atom. The highest BCUT2D eigenvalue weighted by molar-refractivity contribution is 6.36. The van der Waals surface area contributed by atoms with Crippen molar-refractivity contribution < 1.29 is 4.52 Å². The summed E-state index contributed by atoms with van der Waals surface area (Å²) in [5.41, 5.74) is 7.08. The van der Waals surface area contributed by atoms with Gasteiger partial charge in [-0.15, -0.1) is 0 Å². The molecule has 100 valence electrons. The standard InChI is InChI=1S/C13H8Cl2N4O/c14-7-2-3-8(9(15)6-7)10-11(20-19-12(10)16)13-17-4-1-5-18-13/h1-6H,(H2,16,19). The Labute approximate surface area is 124 Å². The molecule has 20 heavy (non-hydrogen) atoms. The smallest absolute Gasteiger partial charge is 0.214 e. The Hall–Kier alpha value is -2.11.